The van der Waals surface area contributed by atoms with E-state index in [1.807, 2.05) is 30.3 Å². The summed E-state index contributed by atoms with van der Waals surface area (Å²) in [5, 5.41) is 3.08. The van der Waals surface area contributed by atoms with E-state index >= 15 is 0 Å². The molecule has 5 heteroatoms. The molecule has 3 aromatic rings. The molecule has 0 saturated heterocycles. The fourth-order valence-electron chi connectivity index (χ4n) is 3.25. The van der Waals surface area contributed by atoms with Crippen LogP contribution in [0.3, 0.4) is 0 Å². The molecule has 0 bridgehead atoms. The van der Waals surface area contributed by atoms with Crippen molar-refractivity contribution in [3.63, 3.8) is 0 Å². The van der Waals surface area contributed by atoms with Crippen molar-refractivity contribution in [3.8, 4) is 0 Å². The molecule has 1 unspecified atom stereocenters. The van der Waals surface area contributed by atoms with Crippen molar-refractivity contribution in [2.75, 3.05) is 5.43 Å². The van der Waals surface area contributed by atoms with Crippen molar-refractivity contribution in [3.05, 3.63) is 66.0 Å². The van der Waals surface area contributed by atoms with E-state index in [2.05, 4.69) is 33.9 Å². The molecule has 1 atom stereocenters. The van der Waals surface area contributed by atoms with E-state index in [4.69, 9.17) is 0 Å². The average molecular weight is 306 g/mol. The third-order valence-electron chi connectivity index (χ3n) is 4.35. The summed E-state index contributed by atoms with van der Waals surface area (Å²) in [6.45, 7) is 0. The van der Waals surface area contributed by atoms with Crippen molar-refractivity contribution >= 4 is 17.1 Å². The van der Waals surface area contributed by atoms with Crippen molar-refractivity contribution in [2.45, 2.75) is 25.3 Å². The number of para-hydroxylation sites is 2. The molecule has 116 valence electrons. The highest BCUT2D eigenvalue weighted by Crippen LogP contribution is 2.29. The zero-order chi connectivity index (χ0) is 15.6. The number of aromatic nitrogens is 2. The van der Waals surface area contributed by atoms with Crippen molar-refractivity contribution in [1.29, 1.82) is 0 Å². The number of imidazole rings is 1. The number of benzene rings is 2. The van der Waals surface area contributed by atoms with Crippen LogP contribution in [0.4, 0.5) is 4.79 Å². The minimum atomic E-state index is -0.213. The van der Waals surface area contributed by atoms with Gasteiger partial charge in [0.05, 0.1) is 17.1 Å². The molecule has 1 aromatic heterocycles. The standard InChI is InChI=1S/C18H18N4O/c23-18(21-22-12-19-16-9-3-4-11-17(16)22)20-15-10-5-7-13-6-1-2-8-14(13)15/h1-4,6,8-9,11-12,15H,5,7,10H2,(H2,20,21,23). The Morgan fingerprint density at radius 1 is 1.13 bits per heavy atom. The molecule has 5 nitrogen and oxygen atoms in total. The zero-order valence-corrected chi connectivity index (χ0v) is 12.7. The van der Waals surface area contributed by atoms with Crippen LogP contribution in [0.15, 0.2) is 54.9 Å². The number of rotatable bonds is 2. The quantitative estimate of drug-likeness (QED) is 0.762. The number of aryl methyl sites for hydroxylation is 1. The molecule has 1 aliphatic rings. The van der Waals surface area contributed by atoms with Gasteiger partial charge >= 0.3 is 6.03 Å². The van der Waals surface area contributed by atoms with Gasteiger partial charge in [-0.1, -0.05) is 36.4 Å². The molecule has 2 aromatic carbocycles. The van der Waals surface area contributed by atoms with Gasteiger partial charge in [-0.2, -0.15) is 0 Å². The number of hydrogen-bond donors (Lipinski definition) is 2. The maximum absolute atomic E-state index is 12.4. The summed E-state index contributed by atoms with van der Waals surface area (Å²) >= 11 is 0. The highest BCUT2D eigenvalue weighted by atomic mass is 16.2. The third-order valence-corrected chi connectivity index (χ3v) is 4.35. The molecule has 0 aliphatic heterocycles. The molecule has 0 radical (unpaired) electrons. The Labute approximate surface area is 134 Å². The molecule has 2 N–H and O–H groups in total. The van der Waals surface area contributed by atoms with Gasteiger partial charge in [0.25, 0.3) is 0 Å². The van der Waals surface area contributed by atoms with Crippen molar-refractivity contribution in [2.24, 2.45) is 0 Å². The van der Waals surface area contributed by atoms with Crippen LogP contribution in [-0.2, 0) is 6.42 Å². The average Bonchev–Trinajstić information content (AvgIpc) is 2.98. The number of carbonyl (C=O) groups excluding carboxylic acids is 1. The predicted molar refractivity (Wildman–Crippen MR) is 89.7 cm³/mol. The number of carbonyl (C=O) groups is 1. The predicted octanol–water partition coefficient (Wildman–Crippen LogP) is 3.37. The summed E-state index contributed by atoms with van der Waals surface area (Å²) in [6.07, 6.45) is 4.77. The third kappa shape index (κ3) is 2.65. The Bertz CT molecular complexity index is 855. The van der Waals surface area contributed by atoms with Gasteiger partial charge in [0.1, 0.15) is 6.33 Å². The van der Waals surface area contributed by atoms with E-state index in [1.165, 1.54) is 11.1 Å². The second kappa shape index (κ2) is 5.76. The molecule has 23 heavy (non-hydrogen) atoms. The zero-order valence-electron chi connectivity index (χ0n) is 12.7. The number of amides is 2. The van der Waals surface area contributed by atoms with Crippen LogP contribution in [0.25, 0.3) is 11.0 Å². The fourth-order valence-corrected chi connectivity index (χ4v) is 3.25. The summed E-state index contributed by atoms with van der Waals surface area (Å²) in [7, 11) is 0. The summed E-state index contributed by atoms with van der Waals surface area (Å²) < 4.78 is 1.65. The van der Waals surface area contributed by atoms with Gasteiger partial charge in [0, 0.05) is 0 Å². The Kier molecular flexibility index (Phi) is 3.46. The molecule has 0 spiro atoms. The number of fused-ring (bicyclic) bond motifs is 2. The first-order chi connectivity index (χ1) is 11.3. The highest BCUT2D eigenvalue weighted by molar-refractivity contribution is 5.85. The largest absolute Gasteiger partial charge is 0.334 e. The Morgan fingerprint density at radius 2 is 1.96 bits per heavy atom. The first kappa shape index (κ1) is 13.8. The van der Waals surface area contributed by atoms with E-state index in [9.17, 15) is 4.79 Å². The van der Waals surface area contributed by atoms with E-state index in [0.29, 0.717) is 0 Å². The number of urea groups is 1. The van der Waals surface area contributed by atoms with Crippen LogP contribution in [0.5, 0.6) is 0 Å². The number of nitrogens with one attached hydrogen (secondary N) is 2. The molecule has 0 fully saturated rings. The summed E-state index contributed by atoms with van der Waals surface area (Å²) in [5.41, 5.74) is 7.14. The van der Waals surface area contributed by atoms with Gasteiger partial charge in [-0.25, -0.2) is 19.9 Å². The highest BCUT2D eigenvalue weighted by Gasteiger charge is 2.21. The Morgan fingerprint density at radius 3 is 2.91 bits per heavy atom. The van der Waals surface area contributed by atoms with E-state index < -0.39 is 0 Å². The van der Waals surface area contributed by atoms with Crippen LogP contribution in [0.1, 0.15) is 30.0 Å². The summed E-state index contributed by atoms with van der Waals surface area (Å²) in [4.78, 5) is 16.6. The number of nitrogens with zero attached hydrogens (tertiary/aromatic N) is 2. The molecule has 1 heterocycles. The second-order valence-corrected chi connectivity index (χ2v) is 5.83. The molecular weight excluding hydrogens is 288 g/mol. The van der Waals surface area contributed by atoms with Crippen LogP contribution in [-0.4, -0.2) is 15.7 Å². The van der Waals surface area contributed by atoms with E-state index in [-0.39, 0.29) is 12.1 Å². The van der Waals surface area contributed by atoms with Crippen LogP contribution in [0, 0.1) is 0 Å². The molecule has 1 aliphatic carbocycles. The lowest BCUT2D eigenvalue weighted by atomic mass is 9.88. The maximum Gasteiger partial charge on any atom is 0.334 e. The smallest absolute Gasteiger partial charge is 0.330 e. The van der Waals surface area contributed by atoms with E-state index in [1.54, 1.807) is 11.0 Å². The fraction of sp³-hybridized carbons (Fsp3) is 0.222. The minimum absolute atomic E-state index is 0.0646. The first-order valence-electron chi connectivity index (χ1n) is 7.89. The molecular formula is C18H18N4O. The summed E-state index contributed by atoms with van der Waals surface area (Å²) in [5.74, 6) is 0. The second-order valence-electron chi connectivity index (χ2n) is 5.83. The maximum atomic E-state index is 12.4. The first-order valence-corrected chi connectivity index (χ1v) is 7.89. The van der Waals surface area contributed by atoms with Crippen LogP contribution >= 0.6 is 0 Å². The molecule has 2 amide bonds. The molecule has 0 saturated carbocycles. The van der Waals surface area contributed by atoms with Crippen LogP contribution < -0.4 is 10.7 Å². The normalized spacial score (nSPS) is 16.8. The monoisotopic (exact) mass is 306 g/mol. The van der Waals surface area contributed by atoms with Gasteiger partial charge in [0.15, 0.2) is 0 Å². The Hall–Kier alpha value is -2.82. The number of hydrogen-bond acceptors (Lipinski definition) is 2. The van der Waals surface area contributed by atoms with Crippen molar-refractivity contribution < 1.29 is 4.79 Å². The Balaban J connectivity index is 1.51. The SMILES string of the molecule is O=C(NC1CCCc2ccccc21)Nn1cnc2ccccc21. The lowest BCUT2D eigenvalue weighted by Crippen LogP contribution is -2.37. The molecule has 4 rings (SSSR count). The minimum Gasteiger partial charge on any atom is -0.330 e. The van der Waals surface area contributed by atoms with Gasteiger partial charge in [0.2, 0.25) is 0 Å². The topological polar surface area (TPSA) is 59.0 Å². The van der Waals surface area contributed by atoms with Gasteiger partial charge < -0.3 is 5.32 Å². The van der Waals surface area contributed by atoms with Gasteiger partial charge in [-0.3, -0.25) is 0 Å². The van der Waals surface area contributed by atoms with E-state index in [0.717, 1.165) is 30.3 Å². The lowest BCUT2D eigenvalue weighted by molar-refractivity contribution is 0.244. The lowest BCUT2D eigenvalue weighted by Gasteiger charge is -2.26. The van der Waals surface area contributed by atoms with Gasteiger partial charge in [-0.15, -0.1) is 0 Å². The van der Waals surface area contributed by atoms with Crippen LogP contribution in [0.2, 0.25) is 0 Å². The van der Waals surface area contributed by atoms with Gasteiger partial charge in [-0.05, 0) is 42.5 Å². The summed E-state index contributed by atoms with van der Waals surface area (Å²) in [6, 6.07) is 15.9. The van der Waals surface area contributed by atoms with Crippen molar-refractivity contribution in [1.82, 2.24) is 15.0 Å².